The first kappa shape index (κ1) is 14.2. The summed E-state index contributed by atoms with van der Waals surface area (Å²) in [6.07, 6.45) is 3.31. The molecule has 7 heteroatoms. The normalized spacial score (nSPS) is 10.4. The van der Waals surface area contributed by atoms with E-state index in [4.69, 9.17) is 23.2 Å². The maximum absolute atomic E-state index is 11.8. The van der Waals surface area contributed by atoms with Gasteiger partial charge in [-0.25, -0.2) is 9.97 Å². The van der Waals surface area contributed by atoms with E-state index in [-0.39, 0.29) is 21.9 Å². The maximum atomic E-state index is 11.8. The molecule has 2 heterocycles. The summed E-state index contributed by atoms with van der Waals surface area (Å²) in [7, 11) is 0. The van der Waals surface area contributed by atoms with E-state index in [9.17, 15) is 4.79 Å². The lowest BCUT2D eigenvalue weighted by Crippen LogP contribution is -2.13. The van der Waals surface area contributed by atoms with Crippen molar-refractivity contribution >= 4 is 46.1 Å². The Hall–Kier alpha value is -1.17. The number of aryl methyl sites for hydroxylation is 1. The van der Waals surface area contributed by atoms with Crippen LogP contribution in [0.5, 0.6) is 0 Å². The molecule has 0 unspecified atom stereocenters. The number of nitrogens with zero attached hydrogens (tertiary/aromatic N) is 2. The van der Waals surface area contributed by atoms with Crippen molar-refractivity contribution in [3.05, 3.63) is 39.0 Å². The molecule has 0 radical (unpaired) electrons. The minimum Gasteiger partial charge on any atom is -0.321 e. The Morgan fingerprint density at radius 3 is 2.68 bits per heavy atom. The number of rotatable bonds is 5. The lowest BCUT2D eigenvalue weighted by Gasteiger charge is -2.07. The number of halogens is 2. The van der Waals surface area contributed by atoms with E-state index in [0.29, 0.717) is 6.42 Å². The van der Waals surface area contributed by atoms with Gasteiger partial charge < -0.3 is 5.32 Å². The van der Waals surface area contributed by atoms with Gasteiger partial charge in [-0.3, -0.25) is 4.79 Å². The van der Waals surface area contributed by atoms with Gasteiger partial charge in [0, 0.05) is 11.3 Å². The molecule has 4 nitrogen and oxygen atoms in total. The first-order valence-corrected chi connectivity index (χ1v) is 7.28. The Bertz CT molecular complexity index is 540. The van der Waals surface area contributed by atoms with Crippen LogP contribution in [0, 0.1) is 0 Å². The van der Waals surface area contributed by atoms with E-state index in [0.717, 1.165) is 12.8 Å². The number of carbonyl (C=O) groups is 1. The maximum Gasteiger partial charge on any atom is 0.224 e. The number of hydrogen-bond donors (Lipinski definition) is 1. The fourth-order valence-corrected chi connectivity index (χ4v) is 2.69. The van der Waals surface area contributed by atoms with Gasteiger partial charge in [0.1, 0.15) is 12.0 Å². The Labute approximate surface area is 124 Å². The lowest BCUT2D eigenvalue weighted by molar-refractivity contribution is -0.116. The Morgan fingerprint density at radius 1 is 1.32 bits per heavy atom. The van der Waals surface area contributed by atoms with E-state index in [2.05, 4.69) is 21.4 Å². The average molecular weight is 316 g/mol. The Morgan fingerprint density at radius 2 is 2.05 bits per heavy atom. The van der Waals surface area contributed by atoms with Gasteiger partial charge in [-0.15, -0.1) is 11.3 Å². The summed E-state index contributed by atoms with van der Waals surface area (Å²) >= 11 is 13.4. The fourth-order valence-electron chi connectivity index (χ4n) is 1.53. The van der Waals surface area contributed by atoms with Crippen molar-refractivity contribution < 1.29 is 4.79 Å². The Kier molecular flexibility index (Phi) is 5.13. The summed E-state index contributed by atoms with van der Waals surface area (Å²) in [5.74, 6) is -0.143. The number of aromatic nitrogens is 2. The molecule has 0 atom stereocenters. The van der Waals surface area contributed by atoms with Crippen molar-refractivity contribution in [1.29, 1.82) is 0 Å². The predicted octanol–water partition coefficient (Wildman–Crippen LogP) is 3.81. The highest BCUT2D eigenvalue weighted by Crippen LogP contribution is 2.25. The van der Waals surface area contributed by atoms with E-state index in [1.54, 1.807) is 11.3 Å². The van der Waals surface area contributed by atoms with Crippen LogP contribution in [0.2, 0.25) is 10.3 Å². The summed E-state index contributed by atoms with van der Waals surface area (Å²) in [6, 6.07) is 4.06. The topological polar surface area (TPSA) is 54.9 Å². The van der Waals surface area contributed by atoms with Gasteiger partial charge in [-0.2, -0.15) is 0 Å². The van der Waals surface area contributed by atoms with Crippen LogP contribution < -0.4 is 5.32 Å². The molecule has 2 rings (SSSR count). The lowest BCUT2D eigenvalue weighted by atomic mass is 10.2. The summed E-state index contributed by atoms with van der Waals surface area (Å²) < 4.78 is 0. The van der Waals surface area contributed by atoms with Crippen LogP contribution in [-0.4, -0.2) is 15.9 Å². The zero-order chi connectivity index (χ0) is 13.7. The molecular weight excluding hydrogens is 305 g/mol. The highest BCUT2D eigenvalue weighted by molar-refractivity contribution is 7.09. The summed E-state index contributed by atoms with van der Waals surface area (Å²) in [6.45, 7) is 0. The van der Waals surface area contributed by atoms with Gasteiger partial charge in [0.15, 0.2) is 10.3 Å². The zero-order valence-corrected chi connectivity index (χ0v) is 12.2. The van der Waals surface area contributed by atoms with Gasteiger partial charge in [0.05, 0.1) is 0 Å². The molecule has 100 valence electrons. The third-order valence-electron chi connectivity index (χ3n) is 2.43. The van der Waals surface area contributed by atoms with Crippen LogP contribution in [0.4, 0.5) is 5.69 Å². The second kappa shape index (κ2) is 6.84. The molecule has 0 aliphatic heterocycles. The van der Waals surface area contributed by atoms with Crippen molar-refractivity contribution in [1.82, 2.24) is 9.97 Å². The molecule has 1 N–H and O–H groups in total. The van der Waals surface area contributed by atoms with Crippen LogP contribution in [-0.2, 0) is 11.2 Å². The van der Waals surface area contributed by atoms with Crippen molar-refractivity contribution in [3.8, 4) is 0 Å². The first-order valence-electron chi connectivity index (χ1n) is 5.65. The van der Waals surface area contributed by atoms with Crippen molar-refractivity contribution in [2.75, 3.05) is 5.32 Å². The quantitative estimate of drug-likeness (QED) is 0.854. The largest absolute Gasteiger partial charge is 0.321 e. The molecule has 1 amide bonds. The smallest absolute Gasteiger partial charge is 0.224 e. The first-order chi connectivity index (χ1) is 9.16. The van der Waals surface area contributed by atoms with Gasteiger partial charge in [0.2, 0.25) is 5.91 Å². The SMILES string of the molecule is O=C(CCCc1cccs1)Nc1c(Cl)ncnc1Cl. The van der Waals surface area contributed by atoms with Crippen LogP contribution in [0.3, 0.4) is 0 Å². The highest BCUT2D eigenvalue weighted by Gasteiger charge is 2.11. The Balaban J connectivity index is 1.84. The zero-order valence-electron chi connectivity index (χ0n) is 9.90. The number of carbonyl (C=O) groups excluding carboxylic acids is 1. The molecule has 0 spiro atoms. The molecule has 0 fully saturated rings. The van der Waals surface area contributed by atoms with E-state index < -0.39 is 0 Å². The average Bonchev–Trinajstić information content (AvgIpc) is 2.87. The minimum absolute atomic E-state index is 0.143. The third kappa shape index (κ3) is 4.16. The third-order valence-corrected chi connectivity index (χ3v) is 3.94. The van der Waals surface area contributed by atoms with Gasteiger partial charge in [-0.1, -0.05) is 29.3 Å². The van der Waals surface area contributed by atoms with E-state index >= 15 is 0 Å². The van der Waals surface area contributed by atoms with E-state index in [1.165, 1.54) is 11.2 Å². The van der Waals surface area contributed by atoms with Gasteiger partial charge in [-0.05, 0) is 24.3 Å². The number of hydrogen-bond acceptors (Lipinski definition) is 4. The summed E-state index contributed by atoms with van der Waals surface area (Å²) in [4.78, 5) is 20.6. The second-order valence-corrected chi connectivity index (χ2v) is 5.56. The molecule has 0 saturated heterocycles. The molecule has 0 aliphatic rings. The number of anilines is 1. The molecule has 0 saturated carbocycles. The van der Waals surface area contributed by atoms with Crippen LogP contribution in [0.15, 0.2) is 23.8 Å². The molecule has 2 aromatic heterocycles. The second-order valence-electron chi connectivity index (χ2n) is 3.81. The number of nitrogens with one attached hydrogen (secondary N) is 1. The van der Waals surface area contributed by atoms with Crippen LogP contribution in [0.25, 0.3) is 0 Å². The van der Waals surface area contributed by atoms with E-state index in [1.807, 2.05) is 11.4 Å². The number of amides is 1. The van der Waals surface area contributed by atoms with Crippen LogP contribution >= 0.6 is 34.5 Å². The summed E-state index contributed by atoms with van der Waals surface area (Å²) in [5.41, 5.74) is 0.270. The van der Waals surface area contributed by atoms with Gasteiger partial charge in [0.25, 0.3) is 0 Å². The molecule has 0 bridgehead atoms. The molecule has 2 aromatic rings. The molecule has 19 heavy (non-hydrogen) atoms. The summed E-state index contributed by atoms with van der Waals surface area (Å²) in [5, 5.41) is 4.95. The fraction of sp³-hybridized carbons (Fsp3) is 0.250. The molecular formula is C12H11Cl2N3OS. The van der Waals surface area contributed by atoms with Crippen LogP contribution in [0.1, 0.15) is 17.7 Å². The highest BCUT2D eigenvalue weighted by atomic mass is 35.5. The molecule has 0 aliphatic carbocycles. The monoisotopic (exact) mass is 315 g/mol. The minimum atomic E-state index is -0.143. The number of thiophene rings is 1. The molecule has 0 aromatic carbocycles. The van der Waals surface area contributed by atoms with Crippen molar-refractivity contribution in [2.45, 2.75) is 19.3 Å². The van der Waals surface area contributed by atoms with Crippen molar-refractivity contribution in [3.63, 3.8) is 0 Å². The predicted molar refractivity (Wildman–Crippen MR) is 77.9 cm³/mol. The van der Waals surface area contributed by atoms with Crippen molar-refractivity contribution in [2.24, 2.45) is 0 Å². The van der Waals surface area contributed by atoms with Gasteiger partial charge >= 0.3 is 0 Å². The standard InChI is InChI=1S/C12H11Cl2N3OS/c13-11-10(12(14)16-7-15-11)17-9(18)5-1-3-8-4-2-6-19-8/h2,4,6-7H,1,3,5H2,(H,17,18).